The molecule has 0 aliphatic rings. The summed E-state index contributed by atoms with van der Waals surface area (Å²) in [6.07, 6.45) is 0. The first-order valence-corrected chi connectivity index (χ1v) is 6.40. The van der Waals surface area contributed by atoms with Crippen LogP contribution in [-0.4, -0.2) is 5.91 Å². The van der Waals surface area contributed by atoms with E-state index in [2.05, 4.69) is 5.32 Å². The molecule has 0 aromatic heterocycles. The van der Waals surface area contributed by atoms with Crippen molar-refractivity contribution in [3.8, 4) is 0 Å². The van der Waals surface area contributed by atoms with Gasteiger partial charge in [0, 0.05) is 5.02 Å². The van der Waals surface area contributed by atoms with Gasteiger partial charge in [-0.3, -0.25) is 4.79 Å². The molecule has 0 atom stereocenters. The van der Waals surface area contributed by atoms with Gasteiger partial charge in [0.05, 0.1) is 16.9 Å². The Hall–Kier alpha value is -2.07. The van der Waals surface area contributed by atoms with Gasteiger partial charge in [0.15, 0.2) is 0 Å². The molecule has 0 saturated heterocycles. The summed E-state index contributed by atoms with van der Waals surface area (Å²) in [5.41, 5.74) is 8.50. The lowest BCUT2D eigenvalue weighted by atomic mass is 10.1. The van der Waals surface area contributed by atoms with Gasteiger partial charge in [-0.05, 0) is 49.2 Å². The van der Waals surface area contributed by atoms with Crippen LogP contribution in [0.4, 0.5) is 15.8 Å². The summed E-state index contributed by atoms with van der Waals surface area (Å²) < 4.78 is 13.7. The first-order valence-electron chi connectivity index (χ1n) is 6.02. The fourth-order valence-electron chi connectivity index (χ4n) is 1.86. The number of hydrogen-bond acceptors (Lipinski definition) is 2. The molecule has 0 saturated carbocycles. The van der Waals surface area contributed by atoms with Gasteiger partial charge in [-0.25, -0.2) is 4.39 Å². The number of carbonyl (C=O) groups is 1. The molecule has 0 heterocycles. The topological polar surface area (TPSA) is 55.1 Å². The Bertz CT molecular complexity index is 686. The average molecular weight is 293 g/mol. The van der Waals surface area contributed by atoms with Crippen LogP contribution in [0.15, 0.2) is 30.3 Å². The summed E-state index contributed by atoms with van der Waals surface area (Å²) in [4.78, 5) is 12.1. The highest BCUT2D eigenvalue weighted by Gasteiger charge is 2.15. The predicted octanol–water partition coefficient (Wildman–Crippen LogP) is 3.93. The average Bonchev–Trinajstić information content (AvgIpc) is 2.41. The van der Waals surface area contributed by atoms with Crippen molar-refractivity contribution in [1.29, 1.82) is 0 Å². The highest BCUT2D eigenvalue weighted by molar-refractivity contribution is 6.31. The molecule has 0 spiro atoms. The maximum atomic E-state index is 13.7. The molecule has 3 N–H and O–H groups in total. The third-order valence-corrected chi connectivity index (χ3v) is 3.41. The van der Waals surface area contributed by atoms with Crippen LogP contribution in [0.2, 0.25) is 5.02 Å². The van der Waals surface area contributed by atoms with E-state index < -0.39 is 11.7 Å². The summed E-state index contributed by atoms with van der Waals surface area (Å²) in [7, 11) is 0. The minimum atomic E-state index is -0.629. The highest BCUT2D eigenvalue weighted by atomic mass is 35.5. The van der Waals surface area contributed by atoms with Gasteiger partial charge in [0.1, 0.15) is 5.82 Å². The maximum Gasteiger partial charge on any atom is 0.258 e. The van der Waals surface area contributed by atoms with E-state index in [0.717, 1.165) is 17.2 Å². The van der Waals surface area contributed by atoms with Crippen molar-refractivity contribution >= 4 is 28.9 Å². The molecule has 2 aromatic rings. The lowest BCUT2D eigenvalue weighted by Crippen LogP contribution is -2.16. The van der Waals surface area contributed by atoms with Gasteiger partial charge in [-0.2, -0.15) is 0 Å². The number of anilines is 2. The number of hydrogen-bond donors (Lipinski definition) is 2. The number of nitrogens with two attached hydrogens (primary N) is 1. The smallest absolute Gasteiger partial charge is 0.258 e. The van der Waals surface area contributed by atoms with E-state index >= 15 is 0 Å². The number of halogens is 2. The zero-order valence-corrected chi connectivity index (χ0v) is 11.9. The number of nitrogen functional groups attached to an aromatic ring is 1. The molecule has 2 rings (SSSR count). The molecule has 5 heteroatoms. The first kappa shape index (κ1) is 14.3. The van der Waals surface area contributed by atoms with E-state index in [1.807, 2.05) is 19.9 Å². The Morgan fingerprint density at radius 3 is 2.65 bits per heavy atom. The largest absolute Gasteiger partial charge is 0.397 e. The zero-order chi connectivity index (χ0) is 14.9. The van der Waals surface area contributed by atoms with Gasteiger partial charge >= 0.3 is 0 Å². The van der Waals surface area contributed by atoms with E-state index in [-0.39, 0.29) is 5.56 Å². The van der Waals surface area contributed by atoms with Crippen LogP contribution in [0.3, 0.4) is 0 Å². The summed E-state index contributed by atoms with van der Waals surface area (Å²) in [5, 5.41) is 2.94. The SMILES string of the molecule is Cc1ccc(N)c(NC(=O)c2cc(Cl)ccc2F)c1C. The third kappa shape index (κ3) is 2.75. The molecule has 104 valence electrons. The molecule has 0 fully saturated rings. The van der Waals surface area contributed by atoms with Crippen LogP contribution in [0.5, 0.6) is 0 Å². The van der Waals surface area contributed by atoms with E-state index in [1.54, 1.807) is 6.07 Å². The standard InChI is InChI=1S/C15H14ClFN2O/c1-8-3-6-13(18)14(9(8)2)19-15(20)11-7-10(16)4-5-12(11)17/h3-7H,18H2,1-2H3,(H,19,20). The maximum absolute atomic E-state index is 13.7. The second kappa shape index (κ2) is 5.51. The molecule has 0 radical (unpaired) electrons. The lowest BCUT2D eigenvalue weighted by Gasteiger charge is -2.13. The minimum Gasteiger partial charge on any atom is -0.397 e. The number of carbonyl (C=O) groups excluding carboxylic acids is 1. The van der Waals surface area contributed by atoms with Gasteiger partial charge in [-0.15, -0.1) is 0 Å². The monoisotopic (exact) mass is 292 g/mol. The van der Waals surface area contributed by atoms with Gasteiger partial charge in [-0.1, -0.05) is 17.7 Å². The molecule has 20 heavy (non-hydrogen) atoms. The number of aryl methyl sites for hydroxylation is 1. The van der Waals surface area contributed by atoms with Crippen LogP contribution >= 0.6 is 11.6 Å². The van der Waals surface area contributed by atoms with Crippen molar-refractivity contribution in [2.24, 2.45) is 0 Å². The van der Waals surface area contributed by atoms with Crippen LogP contribution < -0.4 is 11.1 Å². The van der Waals surface area contributed by atoms with Crippen molar-refractivity contribution < 1.29 is 9.18 Å². The van der Waals surface area contributed by atoms with E-state index in [4.69, 9.17) is 17.3 Å². The Labute approximate surface area is 121 Å². The number of amides is 1. The fraction of sp³-hybridized carbons (Fsp3) is 0.133. The van der Waals surface area contributed by atoms with Crippen LogP contribution in [0, 0.1) is 19.7 Å². The molecule has 3 nitrogen and oxygen atoms in total. The summed E-state index contributed by atoms with van der Waals surface area (Å²) >= 11 is 5.78. The number of rotatable bonds is 2. The van der Waals surface area contributed by atoms with Crippen molar-refractivity contribution in [2.45, 2.75) is 13.8 Å². The Balaban J connectivity index is 2.38. The van der Waals surface area contributed by atoms with Crippen LogP contribution in [0.25, 0.3) is 0 Å². The molecule has 2 aromatic carbocycles. The number of benzene rings is 2. The van der Waals surface area contributed by atoms with Gasteiger partial charge < -0.3 is 11.1 Å². The van der Waals surface area contributed by atoms with Crippen molar-refractivity contribution in [2.75, 3.05) is 11.1 Å². The fourth-order valence-corrected chi connectivity index (χ4v) is 2.03. The zero-order valence-electron chi connectivity index (χ0n) is 11.1. The predicted molar refractivity (Wildman–Crippen MR) is 79.7 cm³/mol. The second-order valence-corrected chi connectivity index (χ2v) is 4.99. The Kier molecular flexibility index (Phi) is 3.95. The van der Waals surface area contributed by atoms with Crippen molar-refractivity contribution in [3.05, 3.63) is 57.9 Å². The summed E-state index contributed by atoms with van der Waals surface area (Å²) in [6.45, 7) is 3.75. The molecule has 0 aliphatic carbocycles. The van der Waals surface area contributed by atoms with E-state index in [1.165, 1.54) is 12.1 Å². The third-order valence-electron chi connectivity index (χ3n) is 3.18. The number of nitrogens with one attached hydrogen (secondary N) is 1. The molecular weight excluding hydrogens is 279 g/mol. The molecule has 1 amide bonds. The Morgan fingerprint density at radius 2 is 1.95 bits per heavy atom. The molecule has 0 bridgehead atoms. The van der Waals surface area contributed by atoms with Gasteiger partial charge in [0.2, 0.25) is 0 Å². The second-order valence-electron chi connectivity index (χ2n) is 4.55. The summed E-state index contributed by atoms with van der Waals surface area (Å²) in [6, 6.07) is 7.39. The lowest BCUT2D eigenvalue weighted by molar-refractivity contribution is 0.102. The normalized spacial score (nSPS) is 10.4. The summed E-state index contributed by atoms with van der Waals surface area (Å²) in [5.74, 6) is -1.21. The van der Waals surface area contributed by atoms with Crippen molar-refractivity contribution in [3.63, 3.8) is 0 Å². The molecule has 0 unspecified atom stereocenters. The molecular formula is C15H14ClFN2O. The quantitative estimate of drug-likeness (QED) is 0.824. The minimum absolute atomic E-state index is 0.113. The van der Waals surface area contributed by atoms with Gasteiger partial charge in [0.25, 0.3) is 5.91 Å². The first-order chi connectivity index (χ1) is 9.40. The van der Waals surface area contributed by atoms with E-state index in [9.17, 15) is 9.18 Å². The molecule has 0 aliphatic heterocycles. The Morgan fingerprint density at radius 1 is 1.25 bits per heavy atom. The van der Waals surface area contributed by atoms with Crippen molar-refractivity contribution in [1.82, 2.24) is 0 Å². The van der Waals surface area contributed by atoms with Crippen LogP contribution in [-0.2, 0) is 0 Å². The van der Waals surface area contributed by atoms with E-state index in [0.29, 0.717) is 16.4 Å². The van der Waals surface area contributed by atoms with Crippen LogP contribution in [0.1, 0.15) is 21.5 Å². The highest BCUT2D eigenvalue weighted by Crippen LogP contribution is 2.27.